The van der Waals surface area contributed by atoms with Crippen LogP contribution >= 0.6 is 0 Å². The number of pyridine rings is 1. The van der Waals surface area contributed by atoms with Gasteiger partial charge in [0.1, 0.15) is 18.1 Å². The van der Waals surface area contributed by atoms with Gasteiger partial charge in [-0.05, 0) is 29.3 Å². The van der Waals surface area contributed by atoms with E-state index < -0.39 is 23.1 Å². The molecule has 5 rings (SSSR count). The maximum atomic E-state index is 13.1. The first-order chi connectivity index (χ1) is 16.5. The highest BCUT2D eigenvalue weighted by Crippen LogP contribution is 2.36. The van der Waals surface area contributed by atoms with Crippen LogP contribution in [0.1, 0.15) is 33.2 Å². The Labute approximate surface area is 194 Å². The van der Waals surface area contributed by atoms with E-state index in [2.05, 4.69) is 10.7 Å². The minimum Gasteiger partial charge on any atom is -0.508 e. The number of carbonyl (C=O) groups excluding carboxylic acids is 1. The van der Waals surface area contributed by atoms with E-state index in [0.29, 0.717) is 18.0 Å². The van der Waals surface area contributed by atoms with Gasteiger partial charge in [0.15, 0.2) is 11.4 Å². The Morgan fingerprint density at radius 1 is 0.941 bits per heavy atom. The zero-order valence-electron chi connectivity index (χ0n) is 17.9. The van der Waals surface area contributed by atoms with E-state index in [1.165, 1.54) is 29.1 Å². The second-order valence-corrected chi connectivity index (χ2v) is 7.84. The van der Waals surface area contributed by atoms with Gasteiger partial charge in [-0.3, -0.25) is 14.3 Å². The van der Waals surface area contributed by atoms with Crippen molar-refractivity contribution in [2.45, 2.75) is 12.6 Å². The molecule has 8 heteroatoms. The van der Waals surface area contributed by atoms with Crippen LogP contribution in [-0.4, -0.2) is 20.8 Å². The van der Waals surface area contributed by atoms with E-state index >= 15 is 0 Å². The summed E-state index contributed by atoms with van der Waals surface area (Å²) >= 11 is 0. The topological polar surface area (TPSA) is 113 Å². The van der Waals surface area contributed by atoms with Gasteiger partial charge in [0.25, 0.3) is 5.91 Å². The lowest BCUT2D eigenvalue weighted by Gasteiger charge is -2.25. The van der Waals surface area contributed by atoms with Crippen LogP contribution in [0.2, 0.25) is 0 Å². The molecule has 0 saturated carbocycles. The van der Waals surface area contributed by atoms with Gasteiger partial charge in [-0.1, -0.05) is 48.5 Å². The van der Waals surface area contributed by atoms with Gasteiger partial charge in [-0.2, -0.15) is 0 Å². The zero-order valence-corrected chi connectivity index (χ0v) is 17.9. The highest BCUT2D eigenvalue weighted by molar-refractivity contribution is 6.05. The quantitative estimate of drug-likeness (QED) is 0.373. The number of para-hydroxylation sites is 1. The summed E-state index contributed by atoms with van der Waals surface area (Å²) in [5.41, 5.74) is 5.37. The van der Waals surface area contributed by atoms with Crippen molar-refractivity contribution in [1.82, 2.24) is 4.68 Å². The van der Waals surface area contributed by atoms with Gasteiger partial charge in [0.05, 0.1) is 6.04 Å². The minimum absolute atomic E-state index is 0.0303. The van der Waals surface area contributed by atoms with Crippen molar-refractivity contribution >= 4 is 11.6 Å². The third kappa shape index (κ3) is 3.93. The summed E-state index contributed by atoms with van der Waals surface area (Å²) in [5.74, 6) is -0.761. The molecule has 4 aromatic rings. The smallest absolute Gasteiger partial charge is 0.278 e. The lowest BCUT2D eigenvalue weighted by atomic mass is 9.95. The first-order valence-electron chi connectivity index (χ1n) is 10.6. The zero-order chi connectivity index (χ0) is 23.7. The minimum atomic E-state index is -0.722. The second kappa shape index (κ2) is 8.67. The molecule has 1 atom stereocenters. The normalized spacial score (nSPS) is 14.2. The van der Waals surface area contributed by atoms with Crippen molar-refractivity contribution in [3.05, 3.63) is 118 Å². The van der Waals surface area contributed by atoms with Crippen LogP contribution in [-0.2, 0) is 6.61 Å². The van der Waals surface area contributed by atoms with Gasteiger partial charge in [-0.25, -0.2) is 0 Å². The number of aromatic nitrogens is 1. The molecule has 0 aliphatic carbocycles. The summed E-state index contributed by atoms with van der Waals surface area (Å²) in [5, 5.41) is 22.9. The number of anilines is 1. The summed E-state index contributed by atoms with van der Waals surface area (Å²) < 4.78 is 7.33. The molecule has 170 valence electrons. The molecule has 1 aromatic heterocycles. The molecule has 1 amide bonds. The Kier molecular flexibility index (Phi) is 5.39. The molecule has 0 fully saturated rings. The van der Waals surface area contributed by atoms with E-state index in [-0.39, 0.29) is 11.4 Å². The molecule has 2 heterocycles. The first-order valence-corrected chi connectivity index (χ1v) is 10.6. The van der Waals surface area contributed by atoms with Crippen LogP contribution in [0.25, 0.3) is 0 Å². The lowest BCUT2D eigenvalue weighted by Crippen LogP contribution is -2.30. The summed E-state index contributed by atoms with van der Waals surface area (Å²) in [4.78, 5) is 25.4. The number of hydrogen-bond donors (Lipinski definition) is 4. The Morgan fingerprint density at radius 2 is 1.71 bits per heavy atom. The van der Waals surface area contributed by atoms with E-state index in [1.54, 1.807) is 12.1 Å². The van der Waals surface area contributed by atoms with Crippen molar-refractivity contribution in [1.29, 1.82) is 0 Å². The fourth-order valence-electron chi connectivity index (χ4n) is 4.02. The molecule has 34 heavy (non-hydrogen) atoms. The average Bonchev–Trinajstić information content (AvgIpc) is 2.99. The number of nitrogens with zero attached hydrogens (tertiary/aromatic N) is 1. The van der Waals surface area contributed by atoms with E-state index in [9.17, 15) is 19.8 Å². The number of phenolic OH excluding ortho intramolecular Hbond substituents is 1. The summed E-state index contributed by atoms with van der Waals surface area (Å²) in [6, 6.07) is 22.1. The van der Waals surface area contributed by atoms with Crippen molar-refractivity contribution in [3.63, 3.8) is 0 Å². The van der Waals surface area contributed by atoms with Crippen molar-refractivity contribution in [2.24, 2.45) is 0 Å². The standard InChI is InChI=1S/C26H21N3O5/c30-18-8-5-7-17(14-18)27-26(33)24-25(32)21(31)12-13-29(24)28-23-19-9-2-1-6-16(19)15-34-22-11-4-3-10-20(22)23/h1-14,23,28,30,32H,15H2,(H,27,33). The van der Waals surface area contributed by atoms with E-state index in [1.807, 2.05) is 48.5 Å². The number of rotatable bonds is 4. The number of nitrogens with one attached hydrogen (secondary N) is 2. The fourth-order valence-corrected chi connectivity index (χ4v) is 4.02. The molecule has 4 N–H and O–H groups in total. The van der Waals surface area contributed by atoms with Gasteiger partial charge in [0.2, 0.25) is 5.43 Å². The van der Waals surface area contributed by atoms with Crippen LogP contribution in [0.5, 0.6) is 17.2 Å². The Bertz CT molecular complexity index is 1400. The predicted molar refractivity (Wildman–Crippen MR) is 127 cm³/mol. The van der Waals surface area contributed by atoms with Gasteiger partial charge in [-0.15, -0.1) is 0 Å². The van der Waals surface area contributed by atoms with Gasteiger partial charge >= 0.3 is 0 Å². The van der Waals surface area contributed by atoms with Crippen molar-refractivity contribution in [3.8, 4) is 17.2 Å². The molecule has 1 unspecified atom stereocenters. The monoisotopic (exact) mass is 455 g/mol. The second-order valence-electron chi connectivity index (χ2n) is 7.84. The van der Waals surface area contributed by atoms with Crippen LogP contribution < -0.4 is 20.9 Å². The molecule has 0 bridgehead atoms. The van der Waals surface area contributed by atoms with Gasteiger partial charge < -0.3 is 25.7 Å². The molecule has 0 radical (unpaired) electrons. The highest BCUT2D eigenvalue weighted by Gasteiger charge is 2.27. The molecule has 1 aliphatic heterocycles. The number of benzene rings is 3. The number of fused-ring (bicyclic) bond motifs is 2. The number of ether oxygens (including phenoxy) is 1. The molecule has 1 aliphatic rings. The number of hydrogen-bond acceptors (Lipinski definition) is 6. The fraction of sp³-hybridized carbons (Fsp3) is 0.0769. The summed E-state index contributed by atoms with van der Waals surface area (Å²) in [7, 11) is 0. The largest absolute Gasteiger partial charge is 0.508 e. The SMILES string of the molecule is O=C(Nc1cccc(O)c1)c1c(O)c(=O)ccn1NC1c2ccccc2COc2ccccc21. The van der Waals surface area contributed by atoms with Crippen LogP contribution in [0.4, 0.5) is 5.69 Å². The Hall–Kier alpha value is -4.72. The van der Waals surface area contributed by atoms with Crippen LogP contribution in [0, 0.1) is 0 Å². The average molecular weight is 455 g/mol. The number of phenols is 1. The maximum absolute atomic E-state index is 13.1. The summed E-state index contributed by atoms with van der Waals surface area (Å²) in [6.45, 7) is 0.381. The number of amides is 1. The van der Waals surface area contributed by atoms with Crippen LogP contribution in [0.3, 0.4) is 0 Å². The lowest BCUT2D eigenvalue weighted by molar-refractivity contribution is 0.101. The third-order valence-corrected chi connectivity index (χ3v) is 5.64. The number of carbonyl (C=O) groups is 1. The summed E-state index contributed by atoms with van der Waals surface area (Å²) in [6.07, 6.45) is 1.40. The molecule has 0 saturated heterocycles. The molecular formula is C26H21N3O5. The Morgan fingerprint density at radius 3 is 2.53 bits per heavy atom. The van der Waals surface area contributed by atoms with E-state index in [0.717, 1.165) is 16.7 Å². The molecule has 0 spiro atoms. The van der Waals surface area contributed by atoms with E-state index in [4.69, 9.17) is 4.74 Å². The predicted octanol–water partition coefficient (Wildman–Crippen LogP) is 3.74. The molecule has 3 aromatic carbocycles. The molecular weight excluding hydrogens is 434 g/mol. The van der Waals surface area contributed by atoms with Crippen LogP contribution in [0.15, 0.2) is 89.9 Å². The maximum Gasteiger partial charge on any atom is 0.278 e. The first kappa shape index (κ1) is 21.1. The highest BCUT2D eigenvalue weighted by atomic mass is 16.5. The number of aromatic hydroxyl groups is 2. The van der Waals surface area contributed by atoms with Crippen molar-refractivity contribution < 1.29 is 19.7 Å². The van der Waals surface area contributed by atoms with Crippen molar-refractivity contribution in [2.75, 3.05) is 10.7 Å². The molecule has 8 nitrogen and oxygen atoms in total. The van der Waals surface area contributed by atoms with Gasteiger partial charge in [0, 0.05) is 29.6 Å². The third-order valence-electron chi connectivity index (χ3n) is 5.64. The Balaban J connectivity index is 1.59.